The lowest BCUT2D eigenvalue weighted by molar-refractivity contribution is 0.212. The Balaban J connectivity index is 1.52. The average Bonchev–Trinajstić information content (AvgIpc) is 2.43. The predicted octanol–water partition coefficient (Wildman–Crippen LogP) is 4.52. The molecule has 1 N–H and O–H groups in total. The van der Waals surface area contributed by atoms with Gasteiger partial charge in [0.25, 0.3) is 0 Å². The lowest BCUT2D eigenvalue weighted by atomic mass is 9.73. The van der Waals surface area contributed by atoms with Crippen molar-refractivity contribution < 1.29 is 0 Å². The van der Waals surface area contributed by atoms with Gasteiger partial charge in [0.05, 0.1) is 0 Å². The number of hydrogen-bond acceptors (Lipinski definition) is 2. The second-order valence-electron chi connectivity index (χ2n) is 6.91. The van der Waals surface area contributed by atoms with E-state index < -0.39 is 0 Å². The molecule has 0 atom stereocenters. The molecule has 1 heterocycles. The summed E-state index contributed by atoms with van der Waals surface area (Å²) >= 11 is 0. The molecule has 1 aromatic carbocycles. The van der Waals surface area contributed by atoms with E-state index >= 15 is 0 Å². The summed E-state index contributed by atoms with van der Waals surface area (Å²) in [5, 5.41) is 3.67. The Hall–Kier alpha value is -1.18. The zero-order valence-electron chi connectivity index (χ0n) is 12.9. The summed E-state index contributed by atoms with van der Waals surface area (Å²) in [6.07, 6.45) is 6.77. The van der Waals surface area contributed by atoms with E-state index in [0.717, 1.165) is 11.8 Å². The fraction of sp³-hybridized carbons (Fsp3) is 0.667. The minimum absolute atomic E-state index is 0.697. The van der Waals surface area contributed by atoms with Crippen LogP contribution in [0.4, 0.5) is 11.4 Å². The molecule has 2 aliphatic rings. The third-order valence-corrected chi connectivity index (χ3v) is 5.08. The SMILES string of the molecule is CC(C)C1CC(Nc2ccc(N3CCCCC3)cc2)C1. The summed E-state index contributed by atoms with van der Waals surface area (Å²) in [6.45, 7) is 7.14. The van der Waals surface area contributed by atoms with Crippen molar-refractivity contribution in [1.29, 1.82) is 0 Å². The molecular formula is C18H28N2. The van der Waals surface area contributed by atoms with Crippen LogP contribution in [-0.4, -0.2) is 19.1 Å². The van der Waals surface area contributed by atoms with E-state index in [-0.39, 0.29) is 0 Å². The number of nitrogens with one attached hydrogen (secondary N) is 1. The third kappa shape index (κ3) is 3.11. The fourth-order valence-electron chi connectivity index (χ4n) is 3.48. The van der Waals surface area contributed by atoms with Gasteiger partial charge in [0.15, 0.2) is 0 Å². The van der Waals surface area contributed by atoms with Crippen molar-refractivity contribution in [2.24, 2.45) is 11.8 Å². The molecular weight excluding hydrogens is 244 g/mol. The van der Waals surface area contributed by atoms with Gasteiger partial charge in [-0.25, -0.2) is 0 Å². The molecule has 3 rings (SSSR count). The second kappa shape index (κ2) is 6.07. The van der Waals surface area contributed by atoms with Crippen LogP contribution >= 0.6 is 0 Å². The van der Waals surface area contributed by atoms with E-state index in [1.165, 1.54) is 56.6 Å². The number of anilines is 2. The van der Waals surface area contributed by atoms with E-state index in [2.05, 4.69) is 48.3 Å². The minimum atomic E-state index is 0.697. The van der Waals surface area contributed by atoms with Crippen molar-refractivity contribution in [3.63, 3.8) is 0 Å². The van der Waals surface area contributed by atoms with Crippen LogP contribution in [0.15, 0.2) is 24.3 Å². The Labute approximate surface area is 123 Å². The average molecular weight is 272 g/mol. The molecule has 1 aliphatic carbocycles. The van der Waals surface area contributed by atoms with Crippen LogP contribution in [-0.2, 0) is 0 Å². The van der Waals surface area contributed by atoms with Crippen LogP contribution in [0.3, 0.4) is 0 Å². The van der Waals surface area contributed by atoms with Crippen LogP contribution in [0.1, 0.15) is 46.0 Å². The largest absolute Gasteiger partial charge is 0.382 e. The van der Waals surface area contributed by atoms with Gasteiger partial charge in [-0.3, -0.25) is 0 Å². The molecule has 1 saturated heterocycles. The predicted molar refractivity (Wildman–Crippen MR) is 87.5 cm³/mol. The van der Waals surface area contributed by atoms with E-state index in [0.29, 0.717) is 6.04 Å². The van der Waals surface area contributed by atoms with Gasteiger partial charge in [-0.1, -0.05) is 13.8 Å². The van der Waals surface area contributed by atoms with Crippen molar-refractivity contribution in [3.8, 4) is 0 Å². The molecule has 0 bridgehead atoms. The van der Waals surface area contributed by atoms with Gasteiger partial charge in [-0.2, -0.15) is 0 Å². The molecule has 110 valence electrons. The van der Waals surface area contributed by atoms with Gasteiger partial charge in [0.2, 0.25) is 0 Å². The smallest absolute Gasteiger partial charge is 0.0367 e. The van der Waals surface area contributed by atoms with Crippen LogP contribution in [0, 0.1) is 11.8 Å². The van der Waals surface area contributed by atoms with E-state index in [9.17, 15) is 0 Å². The topological polar surface area (TPSA) is 15.3 Å². The van der Waals surface area contributed by atoms with Crippen molar-refractivity contribution in [1.82, 2.24) is 0 Å². The maximum atomic E-state index is 3.67. The highest BCUT2D eigenvalue weighted by Crippen LogP contribution is 2.35. The first kappa shape index (κ1) is 13.8. The first-order valence-corrected chi connectivity index (χ1v) is 8.34. The fourth-order valence-corrected chi connectivity index (χ4v) is 3.48. The van der Waals surface area contributed by atoms with Gasteiger partial charge < -0.3 is 10.2 Å². The van der Waals surface area contributed by atoms with Crippen molar-refractivity contribution in [3.05, 3.63) is 24.3 Å². The highest BCUT2D eigenvalue weighted by Gasteiger charge is 2.30. The highest BCUT2D eigenvalue weighted by atomic mass is 15.1. The molecule has 0 unspecified atom stereocenters. The maximum absolute atomic E-state index is 3.67. The Morgan fingerprint density at radius 3 is 2.25 bits per heavy atom. The Kier molecular flexibility index (Phi) is 4.18. The molecule has 20 heavy (non-hydrogen) atoms. The summed E-state index contributed by atoms with van der Waals surface area (Å²) in [5.41, 5.74) is 2.68. The third-order valence-electron chi connectivity index (χ3n) is 5.08. The number of hydrogen-bond donors (Lipinski definition) is 1. The summed E-state index contributed by atoms with van der Waals surface area (Å²) < 4.78 is 0. The highest BCUT2D eigenvalue weighted by molar-refractivity contribution is 5.55. The summed E-state index contributed by atoms with van der Waals surface area (Å²) in [7, 11) is 0. The lowest BCUT2D eigenvalue weighted by Gasteiger charge is -2.39. The van der Waals surface area contributed by atoms with Crippen LogP contribution < -0.4 is 10.2 Å². The first-order chi connectivity index (χ1) is 9.72. The first-order valence-electron chi connectivity index (χ1n) is 8.34. The van der Waals surface area contributed by atoms with Gasteiger partial charge in [0.1, 0.15) is 0 Å². The molecule has 2 heteroatoms. The van der Waals surface area contributed by atoms with E-state index in [1.807, 2.05) is 0 Å². The van der Waals surface area contributed by atoms with E-state index in [1.54, 1.807) is 0 Å². The van der Waals surface area contributed by atoms with Crippen molar-refractivity contribution in [2.45, 2.75) is 52.0 Å². The maximum Gasteiger partial charge on any atom is 0.0367 e. The summed E-state index contributed by atoms with van der Waals surface area (Å²) in [5.74, 6) is 1.77. The zero-order chi connectivity index (χ0) is 13.9. The van der Waals surface area contributed by atoms with Gasteiger partial charge in [0, 0.05) is 30.5 Å². The van der Waals surface area contributed by atoms with Crippen molar-refractivity contribution in [2.75, 3.05) is 23.3 Å². The monoisotopic (exact) mass is 272 g/mol. The molecule has 0 amide bonds. The normalized spacial score (nSPS) is 26.4. The zero-order valence-corrected chi connectivity index (χ0v) is 12.9. The second-order valence-corrected chi connectivity index (χ2v) is 6.91. The molecule has 1 aromatic rings. The molecule has 2 fully saturated rings. The lowest BCUT2D eigenvalue weighted by Crippen LogP contribution is -2.37. The summed E-state index contributed by atoms with van der Waals surface area (Å²) in [4.78, 5) is 2.52. The number of piperidine rings is 1. The van der Waals surface area contributed by atoms with Gasteiger partial charge in [-0.05, 0) is 68.2 Å². The van der Waals surface area contributed by atoms with Crippen LogP contribution in [0.2, 0.25) is 0 Å². The van der Waals surface area contributed by atoms with Crippen LogP contribution in [0.25, 0.3) is 0 Å². The van der Waals surface area contributed by atoms with Gasteiger partial charge >= 0.3 is 0 Å². The van der Waals surface area contributed by atoms with Crippen molar-refractivity contribution >= 4 is 11.4 Å². The number of nitrogens with zero attached hydrogens (tertiary/aromatic N) is 1. The number of benzene rings is 1. The molecule has 1 saturated carbocycles. The molecule has 0 aromatic heterocycles. The Bertz CT molecular complexity index is 412. The standard InChI is InChI=1S/C18H28N2/c1-14(2)15-12-17(13-15)19-16-6-8-18(9-7-16)20-10-4-3-5-11-20/h6-9,14-15,17,19H,3-5,10-13H2,1-2H3. The van der Waals surface area contributed by atoms with E-state index in [4.69, 9.17) is 0 Å². The molecule has 0 spiro atoms. The Morgan fingerprint density at radius 1 is 1.00 bits per heavy atom. The molecule has 0 radical (unpaired) electrons. The minimum Gasteiger partial charge on any atom is -0.382 e. The Morgan fingerprint density at radius 2 is 1.65 bits per heavy atom. The quantitative estimate of drug-likeness (QED) is 0.866. The van der Waals surface area contributed by atoms with Crippen LogP contribution in [0.5, 0.6) is 0 Å². The summed E-state index contributed by atoms with van der Waals surface area (Å²) in [6, 6.07) is 9.78. The van der Waals surface area contributed by atoms with Gasteiger partial charge in [-0.15, -0.1) is 0 Å². The molecule has 2 nitrogen and oxygen atoms in total. The number of rotatable bonds is 4. The molecule has 1 aliphatic heterocycles.